The van der Waals surface area contributed by atoms with E-state index in [-0.39, 0.29) is 10.8 Å². The van der Waals surface area contributed by atoms with E-state index in [0.717, 1.165) is 29.7 Å². The maximum atomic E-state index is 12.8. The van der Waals surface area contributed by atoms with Crippen molar-refractivity contribution >= 4 is 33.0 Å². The predicted octanol–water partition coefficient (Wildman–Crippen LogP) is 3.73. The molecule has 3 rings (SSSR count). The molecule has 1 aliphatic heterocycles. The van der Waals surface area contributed by atoms with Gasteiger partial charge in [0.1, 0.15) is 0 Å². The lowest BCUT2D eigenvalue weighted by Crippen LogP contribution is -2.38. The van der Waals surface area contributed by atoms with Crippen LogP contribution in [0.15, 0.2) is 40.6 Å². The van der Waals surface area contributed by atoms with Crippen LogP contribution in [0.2, 0.25) is 0 Å². The second kappa shape index (κ2) is 7.27. The van der Waals surface area contributed by atoms with E-state index >= 15 is 0 Å². The van der Waals surface area contributed by atoms with E-state index in [1.54, 1.807) is 5.38 Å². The minimum atomic E-state index is -3.52. The number of amides is 1. The van der Waals surface area contributed by atoms with Crippen LogP contribution in [-0.2, 0) is 10.0 Å². The Morgan fingerprint density at radius 3 is 2.84 bits per heavy atom. The van der Waals surface area contributed by atoms with Crippen LogP contribution in [0.25, 0.3) is 0 Å². The van der Waals surface area contributed by atoms with Crippen LogP contribution in [-0.4, -0.2) is 31.7 Å². The number of piperidine rings is 1. The molecule has 1 aromatic heterocycles. The molecule has 25 heavy (non-hydrogen) atoms. The molecule has 1 fully saturated rings. The predicted molar refractivity (Wildman–Crippen MR) is 101 cm³/mol. The molecular formula is C18H22N2O3S2. The lowest BCUT2D eigenvalue weighted by molar-refractivity contribution is 0.103. The highest BCUT2D eigenvalue weighted by Gasteiger charge is 2.30. The summed E-state index contributed by atoms with van der Waals surface area (Å²) in [6.07, 6.45) is 1.94. The first-order valence-corrected chi connectivity index (χ1v) is 10.6. The average Bonchev–Trinajstić information content (AvgIpc) is 3.06. The lowest BCUT2D eigenvalue weighted by Gasteiger charge is -2.29. The molecule has 0 saturated carbocycles. The summed E-state index contributed by atoms with van der Waals surface area (Å²) in [4.78, 5) is 13.0. The Kier molecular flexibility index (Phi) is 5.27. The fraction of sp³-hybridized carbons (Fsp3) is 0.389. The van der Waals surface area contributed by atoms with Gasteiger partial charge in [-0.2, -0.15) is 4.31 Å². The average molecular weight is 379 g/mol. The molecule has 1 aliphatic rings. The standard InChI is InChI=1S/C18H22N2O3S2/c1-13-5-3-7-15(9-13)19-18(21)17-10-16(12-24-17)25(22,23)20-8-4-6-14(2)11-20/h3,5,7,9-10,12,14H,4,6,8,11H2,1-2H3,(H,19,21)/t14-/m1/s1. The van der Waals surface area contributed by atoms with Crippen LogP contribution >= 0.6 is 11.3 Å². The van der Waals surface area contributed by atoms with Crippen molar-refractivity contribution in [2.45, 2.75) is 31.6 Å². The molecule has 0 bridgehead atoms. The van der Waals surface area contributed by atoms with Crippen LogP contribution in [0.5, 0.6) is 0 Å². The van der Waals surface area contributed by atoms with Gasteiger partial charge < -0.3 is 5.32 Å². The van der Waals surface area contributed by atoms with Gasteiger partial charge in [-0.05, 0) is 49.4 Å². The van der Waals surface area contributed by atoms with Crippen LogP contribution in [0, 0.1) is 12.8 Å². The van der Waals surface area contributed by atoms with Crippen molar-refractivity contribution in [3.8, 4) is 0 Å². The van der Waals surface area contributed by atoms with Gasteiger partial charge in [0.25, 0.3) is 5.91 Å². The fourth-order valence-electron chi connectivity index (χ4n) is 3.00. The van der Waals surface area contributed by atoms with E-state index < -0.39 is 10.0 Å². The monoisotopic (exact) mass is 378 g/mol. The number of carbonyl (C=O) groups is 1. The quantitative estimate of drug-likeness (QED) is 0.881. The minimum absolute atomic E-state index is 0.209. The summed E-state index contributed by atoms with van der Waals surface area (Å²) in [5.41, 5.74) is 1.75. The third-order valence-electron chi connectivity index (χ3n) is 4.33. The summed E-state index contributed by atoms with van der Waals surface area (Å²) in [6.45, 7) is 5.11. The summed E-state index contributed by atoms with van der Waals surface area (Å²) in [5, 5.41) is 4.37. The number of rotatable bonds is 4. The largest absolute Gasteiger partial charge is 0.321 e. The Balaban J connectivity index is 1.76. The number of sulfonamides is 1. The SMILES string of the molecule is Cc1cccc(NC(=O)c2cc(S(=O)(=O)N3CCC[C@@H](C)C3)cs2)c1. The van der Waals surface area contributed by atoms with Crippen LogP contribution in [0.1, 0.15) is 35.0 Å². The second-order valence-corrected chi connectivity index (χ2v) is 9.43. The maximum absolute atomic E-state index is 12.8. The van der Waals surface area contributed by atoms with Gasteiger partial charge in [0.05, 0.1) is 9.77 Å². The third-order valence-corrected chi connectivity index (χ3v) is 7.25. The van der Waals surface area contributed by atoms with Crippen molar-refractivity contribution in [1.29, 1.82) is 0 Å². The molecular weight excluding hydrogens is 356 g/mol. The van der Waals surface area contributed by atoms with Gasteiger partial charge in [-0.15, -0.1) is 11.3 Å². The first-order valence-electron chi connectivity index (χ1n) is 8.33. The molecule has 1 N–H and O–H groups in total. The number of aryl methyl sites for hydroxylation is 1. The summed E-state index contributed by atoms with van der Waals surface area (Å²) >= 11 is 1.15. The molecule has 1 amide bonds. The first kappa shape index (κ1) is 18.1. The maximum Gasteiger partial charge on any atom is 0.265 e. The van der Waals surface area contributed by atoms with Crippen molar-refractivity contribution in [3.05, 3.63) is 46.2 Å². The Morgan fingerprint density at radius 2 is 2.12 bits per heavy atom. The number of hydrogen-bond donors (Lipinski definition) is 1. The Hall–Kier alpha value is -1.70. The van der Waals surface area contributed by atoms with Crippen LogP contribution in [0.4, 0.5) is 5.69 Å². The van der Waals surface area contributed by atoms with Gasteiger partial charge in [-0.1, -0.05) is 19.1 Å². The van der Waals surface area contributed by atoms with Crippen molar-refractivity contribution < 1.29 is 13.2 Å². The number of thiophene rings is 1. The van der Waals surface area contributed by atoms with Gasteiger partial charge in [-0.25, -0.2) is 8.42 Å². The number of anilines is 1. The van der Waals surface area contributed by atoms with Crippen LogP contribution < -0.4 is 5.32 Å². The minimum Gasteiger partial charge on any atom is -0.321 e. The second-order valence-electron chi connectivity index (χ2n) is 6.58. The molecule has 134 valence electrons. The molecule has 7 heteroatoms. The van der Waals surface area contributed by atoms with Crippen molar-refractivity contribution in [2.75, 3.05) is 18.4 Å². The van der Waals surface area contributed by atoms with Crippen molar-refractivity contribution in [1.82, 2.24) is 4.31 Å². The van der Waals surface area contributed by atoms with E-state index in [1.807, 2.05) is 31.2 Å². The highest BCUT2D eigenvalue weighted by atomic mass is 32.2. The topological polar surface area (TPSA) is 66.5 Å². The normalized spacial score (nSPS) is 18.9. The Bertz CT molecular complexity index is 874. The van der Waals surface area contributed by atoms with E-state index in [1.165, 1.54) is 10.4 Å². The molecule has 2 heterocycles. The number of carbonyl (C=O) groups excluding carboxylic acids is 1. The number of nitrogens with one attached hydrogen (secondary N) is 1. The lowest BCUT2D eigenvalue weighted by atomic mass is 10.0. The van der Waals surface area contributed by atoms with E-state index in [9.17, 15) is 13.2 Å². The first-order chi connectivity index (χ1) is 11.9. The third kappa shape index (κ3) is 4.11. The summed E-state index contributed by atoms with van der Waals surface area (Å²) in [6, 6.07) is 8.98. The van der Waals surface area contributed by atoms with Crippen LogP contribution in [0.3, 0.4) is 0 Å². The molecule has 0 aliphatic carbocycles. The number of hydrogen-bond acceptors (Lipinski definition) is 4. The summed E-state index contributed by atoms with van der Waals surface area (Å²) in [5.74, 6) is 0.0790. The smallest absolute Gasteiger partial charge is 0.265 e. The summed E-state index contributed by atoms with van der Waals surface area (Å²) < 4.78 is 27.1. The fourth-order valence-corrected chi connectivity index (χ4v) is 5.76. The van der Waals surface area contributed by atoms with E-state index in [4.69, 9.17) is 0 Å². The highest BCUT2D eigenvalue weighted by Crippen LogP contribution is 2.27. The molecule has 1 aromatic carbocycles. The van der Waals surface area contributed by atoms with Crippen molar-refractivity contribution in [3.63, 3.8) is 0 Å². The zero-order valence-corrected chi connectivity index (χ0v) is 16.0. The Labute approximate surface area is 152 Å². The molecule has 0 spiro atoms. The van der Waals surface area contributed by atoms with E-state index in [2.05, 4.69) is 12.2 Å². The molecule has 0 radical (unpaired) electrons. The molecule has 1 atom stereocenters. The highest BCUT2D eigenvalue weighted by molar-refractivity contribution is 7.89. The van der Waals surface area contributed by atoms with Gasteiger partial charge in [0.2, 0.25) is 10.0 Å². The Morgan fingerprint density at radius 1 is 1.32 bits per heavy atom. The van der Waals surface area contributed by atoms with Gasteiger partial charge >= 0.3 is 0 Å². The molecule has 0 unspecified atom stereocenters. The number of nitrogens with zero attached hydrogens (tertiary/aromatic N) is 1. The van der Waals surface area contributed by atoms with Gasteiger partial charge in [-0.3, -0.25) is 4.79 Å². The summed E-state index contributed by atoms with van der Waals surface area (Å²) in [7, 11) is -3.52. The van der Waals surface area contributed by atoms with Gasteiger partial charge in [0.15, 0.2) is 0 Å². The van der Waals surface area contributed by atoms with Crippen molar-refractivity contribution in [2.24, 2.45) is 5.92 Å². The molecule has 5 nitrogen and oxygen atoms in total. The molecule has 2 aromatic rings. The molecule has 1 saturated heterocycles. The van der Waals surface area contributed by atoms with E-state index in [0.29, 0.717) is 29.6 Å². The zero-order valence-electron chi connectivity index (χ0n) is 14.4. The number of benzene rings is 1. The zero-order chi connectivity index (χ0) is 18.0. The van der Waals surface area contributed by atoms with Gasteiger partial charge in [0, 0.05) is 24.2 Å².